The highest BCUT2D eigenvalue weighted by Gasteiger charge is 2.45. The first-order chi connectivity index (χ1) is 8.60. The van der Waals surface area contributed by atoms with Crippen LogP contribution >= 0.6 is 0 Å². The van der Waals surface area contributed by atoms with E-state index in [1.54, 1.807) is 0 Å². The zero-order chi connectivity index (χ0) is 13.0. The van der Waals surface area contributed by atoms with E-state index >= 15 is 0 Å². The van der Waals surface area contributed by atoms with E-state index in [0.29, 0.717) is 25.9 Å². The number of carbonyl (C=O) groups excluding carboxylic acids is 2. The van der Waals surface area contributed by atoms with Gasteiger partial charge in [0.15, 0.2) is 0 Å². The van der Waals surface area contributed by atoms with Crippen molar-refractivity contribution in [2.24, 2.45) is 0 Å². The second-order valence-electron chi connectivity index (χ2n) is 4.68. The van der Waals surface area contributed by atoms with Crippen molar-refractivity contribution in [2.45, 2.75) is 57.0 Å². The minimum Gasteiger partial charge on any atom is -0.428 e. The lowest BCUT2D eigenvalue weighted by Gasteiger charge is -2.33. The largest absolute Gasteiger partial charge is 0.428 e. The second kappa shape index (κ2) is 5.67. The van der Waals surface area contributed by atoms with Crippen molar-refractivity contribution in [1.29, 1.82) is 0 Å². The van der Waals surface area contributed by atoms with Crippen LogP contribution in [0, 0.1) is 0 Å². The van der Waals surface area contributed by atoms with Crippen molar-refractivity contribution >= 4 is 11.9 Å². The van der Waals surface area contributed by atoms with Crippen molar-refractivity contribution in [2.75, 3.05) is 6.61 Å². The SMILES string of the molecule is O=C1CCCCC(=O)OC2(O)CCCCOC2O1. The van der Waals surface area contributed by atoms with Crippen molar-refractivity contribution in [3.8, 4) is 0 Å². The minimum atomic E-state index is -1.85. The molecule has 2 unspecified atom stereocenters. The lowest BCUT2D eigenvalue weighted by atomic mass is 10.1. The van der Waals surface area contributed by atoms with Crippen LogP contribution in [0.25, 0.3) is 0 Å². The fraction of sp³-hybridized carbons (Fsp3) is 0.833. The first-order valence-corrected chi connectivity index (χ1v) is 6.35. The molecule has 6 heteroatoms. The molecular weight excluding hydrogens is 240 g/mol. The molecule has 0 amide bonds. The van der Waals surface area contributed by atoms with E-state index < -0.39 is 24.0 Å². The van der Waals surface area contributed by atoms with Gasteiger partial charge in [-0.1, -0.05) is 0 Å². The molecule has 0 aromatic rings. The number of aliphatic hydroxyl groups is 1. The van der Waals surface area contributed by atoms with Gasteiger partial charge in [0.2, 0.25) is 0 Å². The summed E-state index contributed by atoms with van der Waals surface area (Å²) in [5.74, 6) is -2.76. The predicted octanol–water partition coefficient (Wildman–Crippen LogP) is 0.862. The molecule has 0 aromatic carbocycles. The van der Waals surface area contributed by atoms with Crippen LogP contribution < -0.4 is 0 Å². The Bertz CT molecular complexity index is 329. The summed E-state index contributed by atoms with van der Waals surface area (Å²) in [6.45, 7) is 0.373. The van der Waals surface area contributed by atoms with E-state index in [0.717, 1.165) is 6.42 Å². The fourth-order valence-electron chi connectivity index (χ4n) is 2.11. The molecule has 2 atom stereocenters. The van der Waals surface area contributed by atoms with Gasteiger partial charge < -0.3 is 19.3 Å². The Kier molecular flexibility index (Phi) is 4.19. The van der Waals surface area contributed by atoms with Gasteiger partial charge in [0.25, 0.3) is 12.1 Å². The highest BCUT2D eigenvalue weighted by molar-refractivity contribution is 5.71. The zero-order valence-corrected chi connectivity index (χ0v) is 10.2. The van der Waals surface area contributed by atoms with E-state index in [9.17, 15) is 14.7 Å². The number of carbonyl (C=O) groups is 2. The Hall–Kier alpha value is -1.14. The van der Waals surface area contributed by atoms with Gasteiger partial charge in [-0.3, -0.25) is 9.59 Å². The van der Waals surface area contributed by atoms with E-state index in [1.165, 1.54) is 0 Å². The number of hydrogen-bond donors (Lipinski definition) is 1. The molecule has 2 heterocycles. The highest BCUT2D eigenvalue weighted by Crippen LogP contribution is 2.29. The summed E-state index contributed by atoms with van der Waals surface area (Å²) in [7, 11) is 0. The Balaban J connectivity index is 2.16. The van der Waals surface area contributed by atoms with Crippen LogP contribution in [0.5, 0.6) is 0 Å². The quantitative estimate of drug-likeness (QED) is 0.649. The van der Waals surface area contributed by atoms with Gasteiger partial charge in [0, 0.05) is 19.3 Å². The summed E-state index contributed by atoms with van der Waals surface area (Å²) in [6, 6.07) is 0. The summed E-state index contributed by atoms with van der Waals surface area (Å²) in [5, 5.41) is 10.3. The first kappa shape index (κ1) is 13.3. The molecule has 0 spiro atoms. The predicted molar refractivity (Wildman–Crippen MR) is 59.2 cm³/mol. The van der Waals surface area contributed by atoms with Gasteiger partial charge in [-0.15, -0.1) is 0 Å². The zero-order valence-electron chi connectivity index (χ0n) is 10.2. The van der Waals surface area contributed by atoms with E-state index in [2.05, 4.69) is 0 Å². The minimum absolute atomic E-state index is 0.197. The molecule has 6 nitrogen and oxygen atoms in total. The van der Waals surface area contributed by atoms with Gasteiger partial charge in [0.1, 0.15) is 0 Å². The molecule has 0 bridgehead atoms. The number of esters is 2. The number of hydrogen-bond acceptors (Lipinski definition) is 6. The molecule has 0 saturated carbocycles. The molecule has 0 aliphatic carbocycles. The molecule has 1 N–H and O–H groups in total. The lowest BCUT2D eigenvalue weighted by Crippen LogP contribution is -2.49. The Morgan fingerprint density at radius 3 is 2.56 bits per heavy atom. The maximum Gasteiger partial charge on any atom is 0.308 e. The number of ether oxygens (including phenoxy) is 3. The third kappa shape index (κ3) is 3.20. The van der Waals surface area contributed by atoms with Crippen molar-refractivity contribution < 1.29 is 28.9 Å². The summed E-state index contributed by atoms with van der Waals surface area (Å²) in [4.78, 5) is 23.1. The van der Waals surface area contributed by atoms with Crippen molar-refractivity contribution in [1.82, 2.24) is 0 Å². The number of rotatable bonds is 0. The molecule has 2 aliphatic heterocycles. The monoisotopic (exact) mass is 258 g/mol. The van der Waals surface area contributed by atoms with Crippen LogP contribution in [0.15, 0.2) is 0 Å². The van der Waals surface area contributed by atoms with Crippen LogP contribution in [0.4, 0.5) is 0 Å². The summed E-state index contributed by atoms with van der Waals surface area (Å²) < 4.78 is 15.4. The normalized spacial score (nSPS) is 34.8. The summed E-state index contributed by atoms with van der Waals surface area (Å²) >= 11 is 0. The Morgan fingerprint density at radius 2 is 1.78 bits per heavy atom. The standard InChI is InChI=1S/C12H18O6/c13-9-5-1-2-6-10(14)18-12(15)7-3-4-8-16-11(12)17-9/h11,15H,1-8H2. The fourth-order valence-corrected chi connectivity index (χ4v) is 2.11. The topological polar surface area (TPSA) is 82.1 Å². The Morgan fingerprint density at radius 1 is 1.06 bits per heavy atom. The Labute approximate surface area is 105 Å². The molecule has 2 fully saturated rings. The van der Waals surface area contributed by atoms with Gasteiger partial charge >= 0.3 is 11.9 Å². The van der Waals surface area contributed by atoms with Crippen LogP contribution in [0.3, 0.4) is 0 Å². The van der Waals surface area contributed by atoms with E-state index in [1.807, 2.05) is 0 Å². The van der Waals surface area contributed by atoms with Crippen molar-refractivity contribution in [3.63, 3.8) is 0 Å². The van der Waals surface area contributed by atoms with Gasteiger partial charge in [-0.05, 0) is 25.7 Å². The van der Waals surface area contributed by atoms with E-state index in [4.69, 9.17) is 14.2 Å². The van der Waals surface area contributed by atoms with E-state index in [-0.39, 0.29) is 19.3 Å². The third-order valence-corrected chi connectivity index (χ3v) is 3.11. The molecule has 2 saturated heterocycles. The summed E-state index contributed by atoms with van der Waals surface area (Å²) in [5.41, 5.74) is 0. The molecule has 0 aromatic heterocycles. The van der Waals surface area contributed by atoms with Crippen LogP contribution in [0.2, 0.25) is 0 Å². The maximum atomic E-state index is 11.6. The highest BCUT2D eigenvalue weighted by atomic mass is 16.8. The van der Waals surface area contributed by atoms with Gasteiger partial charge in [0.05, 0.1) is 6.61 Å². The maximum absolute atomic E-state index is 11.6. The molecule has 0 radical (unpaired) electrons. The molecule has 18 heavy (non-hydrogen) atoms. The summed E-state index contributed by atoms with van der Waals surface area (Å²) in [6.07, 6.45) is 1.93. The molecule has 2 aliphatic rings. The molecule has 102 valence electrons. The lowest BCUT2D eigenvalue weighted by molar-refractivity contribution is -0.312. The molecule has 2 rings (SSSR count). The van der Waals surface area contributed by atoms with Crippen LogP contribution in [-0.4, -0.2) is 35.7 Å². The number of fused-ring (bicyclic) bond motifs is 1. The van der Waals surface area contributed by atoms with Gasteiger partial charge in [-0.25, -0.2) is 0 Å². The average molecular weight is 258 g/mol. The van der Waals surface area contributed by atoms with Crippen LogP contribution in [0.1, 0.15) is 44.9 Å². The van der Waals surface area contributed by atoms with Gasteiger partial charge in [-0.2, -0.15) is 0 Å². The first-order valence-electron chi connectivity index (χ1n) is 6.35. The average Bonchev–Trinajstić information content (AvgIpc) is 2.48. The van der Waals surface area contributed by atoms with Crippen LogP contribution in [-0.2, 0) is 23.8 Å². The third-order valence-electron chi connectivity index (χ3n) is 3.11. The van der Waals surface area contributed by atoms with Crippen molar-refractivity contribution in [3.05, 3.63) is 0 Å². The molecular formula is C12H18O6. The second-order valence-corrected chi connectivity index (χ2v) is 4.68. The smallest absolute Gasteiger partial charge is 0.308 e.